The Hall–Kier alpha value is -6.51. The lowest BCUT2D eigenvalue weighted by atomic mass is 9.92. The number of aromatic hydroxyl groups is 1. The summed E-state index contributed by atoms with van der Waals surface area (Å²) in [7, 11) is 2.06. The van der Waals surface area contributed by atoms with Crippen LogP contribution in [0.2, 0.25) is 0 Å². The molecule has 1 saturated heterocycles. The molecule has 1 aromatic heterocycles. The molecule has 0 aliphatic carbocycles. The van der Waals surface area contributed by atoms with E-state index in [1.54, 1.807) is 40.1 Å². The first kappa shape index (κ1) is 41.5. The summed E-state index contributed by atoms with van der Waals surface area (Å²) in [6.45, 7) is 11.2. The zero-order valence-corrected chi connectivity index (χ0v) is 36.8. The molecule has 14 heteroatoms. The molecule has 0 radical (unpaired) electrons. The quantitative estimate of drug-likeness (QED) is 0.179. The molecule has 6 heterocycles. The van der Waals surface area contributed by atoms with E-state index in [1.807, 2.05) is 56.0 Å². The maximum atomic E-state index is 15.6. The topological polar surface area (TPSA) is 129 Å². The van der Waals surface area contributed by atoms with E-state index in [1.165, 1.54) is 5.56 Å². The van der Waals surface area contributed by atoms with Crippen LogP contribution in [0.25, 0.3) is 11.3 Å². The van der Waals surface area contributed by atoms with Gasteiger partial charge in [0.2, 0.25) is 6.79 Å². The van der Waals surface area contributed by atoms with Gasteiger partial charge in [-0.25, -0.2) is 4.79 Å². The Morgan fingerprint density at radius 1 is 0.797 bits per heavy atom. The molecule has 1 fully saturated rings. The first-order chi connectivity index (χ1) is 30.9. The molecule has 14 nitrogen and oxygen atoms in total. The first-order valence-corrected chi connectivity index (χ1v) is 22.2. The Labute approximate surface area is 373 Å². The minimum atomic E-state index is -0.728. The van der Waals surface area contributed by atoms with Gasteiger partial charge in [-0.05, 0) is 111 Å². The van der Waals surface area contributed by atoms with E-state index in [0.717, 1.165) is 42.9 Å². The third-order valence-electron chi connectivity index (χ3n) is 13.0. The van der Waals surface area contributed by atoms with Crippen LogP contribution in [0.3, 0.4) is 0 Å². The summed E-state index contributed by atoms with van der Waals surface area (Å²) in [5.74, 6) is 0.582. The highest BCUT2D eigenvalue weighted by atomic mass is 16.7. The van der Waals surface area contributed by atoms with Crippen molar-refractivity contribution in [3.05, 3.63) is 118 Å². The molecule has 0 bridgehead atoms. The number of ether oxygens (including phenoxy) is 4. The van der Waals surface area contributed by atoms with Crippen LogP contribution >= 0.6 is 0 Å². The number of morpholine rings is 1. The zero-order valence-electron chi connectivity index (χ0n) is 36.8. The molecule has 332 valence electrons. The van der Waals surface area contributed by atoms with Crippen LogP contribution in [-0.4, -0.2) is 114 Å². The highest BCUT2D eigenvalue weighted by molar-refractivity contribution is 6.13. The predicted molar refractivity (Wildman–Crippen MR) is 242 cm³/mol. The Bertz CT molecular complexity index is 2630. The fourth-order valence-electron chi connectivity index (χ4n) is 9.74. The Kier molecular flexibility index (Phi) is 10.7. The monoisotopic (exact) mass is 866 g/mol. The first-order valence-electron chi connectivity index (χ1n) is 22.2. The van der Waals surface area contributed by atoms with Crippen LogP contribution in [0.4, 0.5) is 21.9 Å². The second-order valence-electron chi connectivity index (χ2n) is 18.3. The van der Waals surface area contributed by atoms with Gasteiger partial charge in [0, 0.05) is 81.5 Å². The van der Waals surface area contributed by atoms with Gasteiger partial charge in [-0.3, -0.25) is 19.4 Å². The van der Waals surface area contributed by atoms with Crippen molar-refractivity contribution in [2.45, 2.75) is 64.9 Å². The number of nitrogens with zero attached hydrogens (tertiary/aromatic N) is 6. The number of amides is 3. The van der Waals surface area contributed by atoms with Crippen LogP contribution in [0.15, 0.2) is 84.9 Å². The fourth-order valence-corrected chi connectivity index (χ4v) is 9.74. The van der Waals surface area contributed by atoms with E-state index in [-0.39, 0.29) is 36.9 Å². The van der Waals surface area contributed by atoms with Crippen LogP contribution in [0.5, 0.6) is 17.2 Å². The van der Waals surface area contributed by atoms with Gasteiger partial charge in [0.05, 0.1) is 42.3 Å². The van der Waals surface area contributed by atoms with Crippen molar-refractivity contribution in [3.63, 3.8) is 0 Å². The summed E-state index contributed by atoms with van der Waals surface area (Å²) in [5.41, 5.74) is 7.74. The van der Waals surface area contributed by atoms with E-state index in [9.17, 15) is 9.90 Å². The third kappa shape index (κ3) is 7.89. The minimum absolute atomic E-state index is 0.0160. The molecule has 1 atom stereocenters. The van der Waals surface area contributed by atoms with Crippen molar-refractivity contribution in [2.75, 3.05) is 69.6 Å². The lowest BCUT2D eigenvalue weighted by Crippen LogP contribution is -2.52. The average Bonchev–Trinajstić information content (AvgIpc) is 4.02. The standard InChI is InChI=1S/C50H54N6O8/c1-50(2,3)64-49(60)53-17-18-54-43(25-41(44(54)30-53)48(59)56(35-9-12-38(57)13-10-35)36-11-14-42-33(24-36)15-16-51(42)4)39-26-45-46(63-31-62-45)27-40(39)47(58)55-28-34-8-6-5-7-32(34)23-37(55)29-52-19-21-61-22-20-52/h5-14,24-27,37,57H,15-23,28-31H2,1-4H3/t37-/m0/s1. The van der Waals surface area contributed by atoms with E-state index < -0.39 is 11.7 Å². The Balaban J connectivity index is 1.11. The van der Waals surface area contributed by atoms with Crippen molar-refractivity contribution >= 4 is 35.0 Å². The second kappa shape index (κ2) is 16.6. The van der Waals surface area contributed by atoms with E-state index in [2.05, 4.69) is 45.7 Å². The smallest absolute Gasteiger partial charge is 0.410 e. The number of phenolic OH excluding ortho intramolecular Hbond substituents is 1. The molecule has 0 spiro atoms. The third-order valence-corrected chi connectivity index (χ3v) is 13.0. The molecule has 10 rings (SSSR count). The Morgan fingerprint density at radius 3 is 2.30 bits per heavy atom. The number of carbonyl (C=O) groups is 3. The van der Waals surface area contributed by atoms with Crippen LogP contribution in [0.1, 0.15) is 63.9 Å². The summed E-state index contributed by atoms with van der Waals surface area (Å²) in [4.78, 5) is 54.6. The van der Waals surface area contributed by atoms with Crippen molar-refractivity contribution in [2.24, 2.45) is 0 Å². The number of anilines is 3. The zero-order chi connectivity index (χ0) is 44.3. The molecule has 64 heavy (non-hydrogen) atoms. The summed E-state index contributed by atoms with van der Waals surface area (Å²) in [6.07, 6.45) is 1.07. The second-order valence-corrected chi connectivity index (χ2v) is 18.3. The SMILES string of the molecule is CN1CCc2cc(N(C(=O)c3cc(-c4cc5c(cc4C(=O)N4Cc6ccccc6C[C@H]4CN4CCOCC4)OCO5)n4c3CN(C(=O)OC(C)(C)C)CC4)c3ccc(O)cc3)ccc21. The number of phenols is 1. The van der Waals surface area contributed by atoms with Crippen molar-refractivity contribution in [3.8, 4) is 28.5 Å². The van der Waals surface area contributed by atoms with Crippen molar-refractivity contribution in [1.29, 1.82) is 0 Å². The van der Waals surface area contributed by atoms with Crippen molar-refractivity contribution < 1.29 is 38.4 Å². The fraction of sp³-hybridized carbons (Fsp3) is 0.380. The molecule has 5 aromatic rings. The van der Waals surface area contributed by atoms with Gasteiger partial charge >= 0.3 is 6.09 Å². The molecule has 5 aliphatic heterocycles. The number of likely N-dealkylation sites (N-methyl/N-ethyl adjacent to an activating group) is 1. The highest BCUT2D eigenvalue weighted by Gasteiger charge is 2.38. The van der Waals surface area contributed by atoms with Gasteiger partial charge in [0.25, 0.3) is 11.8 Å². The number of carbonyl (C=O) groups excluding carboxylic acids is 3. The molecule has 3 amide bonds. The molecule has 0 saturated carbocycles. The normalized spacial score (nSPS) is 18.1. The summed E-state index contributed by atoms with van der Waals surface area (Å²) in [5, 5.41) is 10.3. The maximum absolute atomic E-state index is 15.6. The van der Waals surface area contributed by atoms with Crippen LogP contribution in [-0.2, 0) is 41.9 Å². The van der Waals surface area contributed by atoms with E-state index in [4.69, 9.17) is 18.9 Å². The van der Waals surface area contributed by atoms with Gasteiger partial charge in [-0.15, -0.1) is 0 Å². The van der Waals surface area contributed by atoms with Crippen LogP contribution < -0.4 is 19.3 Å². The van der Waals surface area contributed by atoms with Gasteiger partial charge < -0.3 is 43.3 Å². The lowest BCUT2D eigenvalue weighted by molar-refractivity contribution is 0.0190. The lowest BCUT2D eigenvalue weighted by Gasteiger charge is -2.40. The molecule has 5 aliphatic rings. The number of hydrogen-bond donors (Lipinski definition) is 1. The van der Waals surface area contributed by atoms with E-state index >= 15 is 9.59 Å². The van der Waals surface area contributed by atoms with Gasteiger partial charge in [0.1, 0.15) is 11.4 Å². The largest absolute Gasteiger partial charge is 0.508 e. The minimum Gasteiger partial charge on any atom is -0.508 e. The summed E-state index contributed by atoms with van der Waals surface area (Å²) in [6, 6.07) is 26.3. The molecule has 1 N–H and O–H groups in total. The van der Waals surface area contributed by atoms with Gasteiger partial charge in [0.15, 0.2) is 11.5 Å². The number of fused-ring (bicyclic) bond motifs is 4. The number of aromatic nitrogens is 1. The van der Waals surface area contributed by atoms with Gasteiger partial charge in [-0.2, -0.15) is 0 Å². The highest BCUT2D eigenvalue weighted by Crippen LogP contribution is 2.43. The summed E-state index contributed by atoms with van der Waals surface area (Å²) >= 11 is 0. The Morgan fingerprint density at radius 2 is 1.53 bits per heavy atom. The molecular weight excluding hydrogens is 813 g/mol. The number of rotatable bonds is 7. The van der Waals surface area contributed by atoms with E-state index in [0.29, 0.717) is 96.8 Å². The number of benzene rings is 4. The molecular formula is C50H54N6O8. The van der Waals surface area contributed by atoms with Crippen molar-refractivity contribution in [1.82, 2.24) is 19.3 Å². The predicted octanol–water partition coefficient (Wildman–Crippen LogP) is 7.21. The average molecular weight is 867 g/mol. The summed E-state index contributed by atoms with van der Waals surface area (Å²) < 4.78 is 25.5. The maximum Gasteiger partial charge on any atom is 0.410 e. The number of hydrogen-bond acceptors (Lipinski definition) is 10. The van der Waals surface area contributed by atoms with Gasteiger partial charge in [-0.1, -0.05) is 24.3 Å². The molecule has 4 aromatic carbocycles. The molecule has 0 unspecified atom stereocenters. The van der Waals surface area contributed by atoms with Crippen LogP contribution in [0, 0.1) is 0 Å².